The van der Waals surface area contributed by atoms with Gasteiger partial charge in [-0.05, 0) is 63.1 Å². The van der Waals surface area contributed by atoms with Gasteiger partial charge in [0.1, 0.15) is 10.1 Å². The minimum Gasteiger partial charge on any atom is -0.462 e. The van der Waals surface area contributed by atoms with Crippen LogP contribution in [0.2, 0.25) is 0 Å². The van der Waals surface area contributed by atoms with Crippen molar-refractivity contribution in [2.75, 3.05) is 36.0 Å². The average Bonchev–Trinajstić information content (AvgIpc) is 3.33. The van der Waals surface area contributed by atoms with Crippen molar-refractivity contribution in [1.82, 2.24) is 4.90 Å². The zero-order valence-corrected chi connectivity index (χ0v) is 21.8. The summed E-state index contributed by atoms with van der Waals surface area (Å²) in [6, 6.07) is 15.7. The van der Waals surface area contributed by atoms with Gasteiger partial charge in [-0.1, -0.05) is 54.3 Å². The van der Waals surface area contributed by atoms with Crippen LogP contribution in [0.3, 0.4) is 0 Å². The highest BCUT2D eigenvalue weighted by Gasteiger charge is 2.33. The monoisotopic (exact) mass is 507 g/mol. The number of nitrogens with zero attached hydrogens (tertiary/aromatic N) is 3. The third-order valence-electron chi connectivity index (χ3n) is 5.98. The lowest BCUT2D eigenvalue weighted by atomic mass is 10.1. The number of rotatable bonds is 8. The van der Waals surface area contributed by atoms with Gasteiger partial charge in [0.15, 0.2) is 0 Å². The van der Waals surface area contributed by atoms with Crippen LogP contribution < -0.4 is 9.80 Å². The van der Waals surface area contributed by atoms with Crippen molar-refractivity contribution < 1.29 is 14.3 Å². The Morgan fingerprint density at radius 3 is 2.37 bits per heavy atom. The number of allylic oxidation sites excluding steroid dienone is 2. The number of ether oxygens (including phenoxy) is 1. The van der Waals surface area contributed by atoms with Crippen LogP contribution in [0.5, 0.6) is 0 Å². The number of benzene rings is 2. The van der Waals surface area contributed by atoms with Crippen LogP contribution in [0.1, 0.15) is 36.7 Å². The van der Waals surface area contributed by atoms with Crippen molar-refractivity contribution in [3.05, 3.63) is 82.5 Å². The maximum atomic E-state index is 13.1. The summed E-state index contributed by atoms with van der Waals surface area (Å²) >= 11 is 6.85. The van der Waals surface area contributed by atoms with Crippen LogP contribution >= 0.6 is 24.0 Å². The molecule has 0 unspecified atom stereocenters. The highest BCUT2D eigenvalue weighted by atomic mass is 32.2. The summed E-state index contributed by atoms with van der Waals surface area (Å²) in [5.74, 6) is 0.575. The highest BCUT2D eigenvalue weighted by Crippen LogP contribution is 2.42. The predicted molar refractivity (Wildman–Crippen MR) is 147 cm³/mol. The number of hydrogen-bond acceptors (Lipinski definition) is 7. The van der Waals surface area contributed by atoms with Crippen molar-refractivity contribution in [2.24, 2.45) is 0 Å². The van der Waals surface area contributed by atoms with Crippen molar-refractivity contribution in [2.45, 2.75) is 27.2 Å². The summed E-state index contributed by atoms with van der Waals surface area (Å²) < 4.78 is 5.77. The molecule has 0 aromatic heterocycles. The summed E-state index contributed by atoms with van der Waals surface area (Å²) in [5.41, 5.74) is 3.68. The van der Waals surface area contributed by atoms with E-state index in [9.17, 15) is 9.59 Å². The van der Waals surface area contributed by atoms with Gasteiger partial charge in [-0.25, -0.2) is 4.79 Å². The SMILES string of the molecule is CCOC(=O)c1ccc2c(c1)N(CC)/C(=C\C=C1\SC(=S)N(CCc3ccccc3)C1=O)N2CC. The zero-order valence-electron chi connectivity index (χ0n) is 20.2. The normalized spacial score (nSPS) is 17.6. The maximum Gasteiger partial charge on any atom is 0.338 e. The van der Waals surface area contributed by atoms with Gasteiger partial charge < -0.3 is 14.5 Å². The first-order chi connectivity index (χ1) is 17.0. The van der Waals surface area contributed by atoms with Gasteiger partial charge in [0.05, 0.1) is 28.5 Å². The summed E-state index contributed by atoms with van der Waals surface area (Å²) in [4.78, 5) is 32.0. The van der Waals surface area contributed by atoms with Gasteiger partial charge in [-0.2, -0.15) is 0 Å². The van der Waals surface area contributed by atoms with E-state index < -0.39 is 0 Å². The molecule has 1 fully saturated rings. The molecule has 2 aromatic carbocycles. The topological polar surface area (TPSA) is 53.1 Å². The highest BCUT2D eigenvalue weighted by molar-refractivity contribution is 8.26. The lowest BCUT2D eigenvalue weighted by Crippen LogP contribution is -2.30. The minimum absolute atomic E-state index is 0.0565. The van der Waals surface area contributed by atoms with Crippen molar-refractivity contribution in [1.29, 1.82) is 0 Å². The molecule has 1 amide bonds. The van der Waals surface area contributed by atoms with Gasteiger partial charge in [-0.3, -0.25) is 9.69 Å². The van der Waals surface area contributed by atoms with Crippen molar-refractivity contribution >= 4 is 51.6 Å². The fourth-order valence-electron chi connectivity index (χ4n) is 4.29. The Morgan fingerprint density at radius 2 is 1.69 bits per heavy atom. The molecule has 0 spiro atoms. The second-order valence-electron chi connectivity index (χ2n) is 8.03. The number of esters is 1. The van der Waals surface area contributed by atoms with E-state index in [1.165, 1.54) is 17.3 Å². The fourth-order valence-corrected chi connectivity index (χ4v) is 5.54. The van der Waals surface area contributed by atoms with Gasteiger partial charge in [0, 0.05) is 19.6 Å². The second kappa shape index (κ2) is 11.1. The van der Waals surface area contributed by atoms with Crippen LogP contribution in [0.15, 0.2) is 71.4 Å². The molecule has 2 aromatic rings. The Morgan fingerprint density at radius 1 is 0.971 bits per heavy atom. The fraction of sp³-hybridized carbons (Fsp3) is 0.296. The van der Waals surface area contributed by atoms with E-state index in [0.29, 0.717) is 34.5 Å². The first-order valence-corrected chi connectivity index (χ1v) is 13.1. The molecule has 1 saturated heterocycles. The number of fused-ring (bicyclic) bond motifs is 1. The van der Waals surface area contributed by atoms with Gasteiger partial charge in [0.25, 0.3) is 5.91 Å². The van der Waals surface area contributed by atoms with Gasteiger partial charge in [-0.15, -0.1) is 0 Å². The minimum atomic E-state index is -0.328. The van der Waals surface area contributed by atoms with Crippen molar-refractivity contribution in [3.63, 3.8) is 0 Å². The average molecular weight is 508 g/mol. The lowest BCUT2D eigenvalue weighted by Gasteiger charge is -2.23. The number of amides is 1. The molecule has 6 nitrogen and oxygen atoms in total. The molecular formula is C27H29N3O3S2. The zero-order chi connectivity index (χ0) is 24.9. The number of anilines is 2. The largest absolute Gasteiger partial charge is 0.462 e. The molecule has 0 N–H and O–H groups in total. The summed E-state index contributed by atoms with van der Waals surface area (Å²) in [6.07, 6.45) is 4.59. The van der Waals surface area contributed by atoms with E-state index in [1.807, 2.05) is 42.5 Å². The number of thioether (sulfide) groups is 1. The number of thiocarbonyl (C=S) groups is 1. The molecule has 0 aliphatic carbocycles. The quantitative estimate of drug-likeness (QED) is 0.271. The van der Waals surface area contributed by atoms with Crippen LogP contribution in [-0.4, -0.2) is 47.3 Å². The summed E-state index contributed by atoms with van der Waals surface area (Å²) in [6.45, 7) is 8.31. The molecule has 2 aliphatic heterocycles. The number of hydrogen-bond donors (Lipinski definition) is 0. The molecule has 182 valence electrons. The molecule has 2 heterocycles. The van der Waals surface area contributed by atoms with E-state index in [0.717, 1.165) is 30.2 Å². The Hall–Kier alpha value is -3.10. The third-order valence-corrected chi connectivity index (χ3v) is 7.37. The molecule has 0 bridgehead atoms. The van der Waals surface area contributed by atoms with Crippen LogP contribution in [0.4, 0.5) is 11.4 Å². The molecule has 2 aliphatic rings. The van der Waals surface area contributed by atoms with Gasteiger partial charge in [0.2, 0.25) is 0 Å². The maximum absolute atomic E-state index is 13.1. The molecule has 4 rings (SSSR count). The van der Waals surface area contributed by atoms with E-state index in [2.05, 4.69) is 35.8 Å². The van der Waals surface area contributed by atoms with Crippen LogP contribution in [0, 0.1) is 0 Å². The van der Waals surface area contributed by atoms with E-state index in [1.54, 1.807) is 17.9 Å². The Balaban J connectivity index is 1.56. The molecule has 0 radical (unpaired) electrons. The molecule has 0 saturated carbocycles. The van der Waals surface area contributed by atoms with E-state index >= 15 is 0 Å². The Kier molecular flexibility index (Phi) is 7.93. The third kappa shape index (κ3) is 5.13. The number of carbonyl (C=O) groups excluding carboxylic acids is 2. The predicted octanol–water partition coefficient (Wildman–Crippen LogP) is 5.36. The lowest BCUT2D eigenvalue weighted by molar-refractivity contribution is -0.122. The Labute approximate surface area is 216 Å². The standard InChI is InChI=1S/C27H29N3O3S2/c1-4-28-21-13-12-20(26(32)33-6-3)18-22(21)29(5-2)24(28)15-14-23-25(31)30(27(34)35-23)17-16-19-10-8-7-9-11-19/h7-15,18H,4-6,16-17H2,1-3H3/b23-14+,24-15-. The first kappa shape index (κ1) is 25.0. The first-order valence-electron chi connectivity index (χ1n) is 11.8. The van der Waals surface area contributed by atoms with E-state index in [-0.39, 0.29) is 11.9 Å². The Bertz CT molecular complexity index is 1190. The second-order valence-corrected chi connectivity index (χ2v) is 9.70. The molecular weight excluding hydrogens is 478 g/mol. The number of carbonyl (C=O) groups is 2. The molecule has 35 heavy (non-hydrogen) atoms. The van der Waals surface area contributed by atoms with Crippen LogP contribution in [0.25, 0.3) is 0 Å². The molecule has 8 heteroatoms. The summed E-state index contributed by atoms with van der Waals surface area (Å²) in [7, 11) is 0. The smallest absolute Gasteiger partial charge is 0.338 e. The van der Waals surface area contributed by atoms with E-state index in [4.69, 9.17) is 17.0 Å². The van der Waals surface area contributed by atoms with Crippen LogP contribution in [-0.2, 0) is 16.0 Å². The summed E-state index contributed by atoms with van der Waals surface area (Å²) in [5, 5.41) is 0. The van der Waals surface area contributed by atoms with Crippen molar-refractivity contribution in [3.8, 4) is 0 Å². The molecule has 0 atom stereocenters. The van der Waals surface area contributed by atoms with Gasteiger partial charge >= 0.3 is 5.97 Å².